The Balaban J connectivity index is 2.17. The zero-order valence-electron chi connectivity index (χ0n) is 11.1. The van der Waals surface area contributed by atoms with Crippen molar-refractivity contribution in [1.29, 1.82) is 5.26 Å². The quantitative estimate of drug-likeness (QED) is 0.796. The van der Waals surface area contributed by atoms with Gasteiger partial charge in [-0.1, -0.05) is 24.3 Å². The van der Waals surface area contributed by atoms with Gasteiger partial charge in [0.15, 0.2) is 5.78 Å². The third-order valence-corrected chi connectivity index (χ3v) is 3.82. The van der Waals surface area contributed by atoms with E-state index in [4.69, 9.17) is 5.73 Å². The largest absolute Gasteiger partial charge is 0.330 e. The molecule has 1 aliphatic rings. The Hall–Kier alpha value is -1.70. The number of ketones is 1. The summed E-state index contributed by atoms with van der Waals surface area (Å²) in [6, 6.07) is 9.49. The topological polar surface area (TPSA) is 78.9 Å². The Morgan fingerprint density at radius 3 is 2.89 bits per heavy atom. The second-order valence-corrected chi connectivity index (χ2v) is 5.14. The average Bonchev–Trinajstić information content (AvgIpc) is 2.88. The van der Waals surface area contributed by atoms with E-state index in [2.05, 4.69) is 11.4 Å². The number of rotatable bonds is 4. The maximum Gasteiger partial charge on any atom is 0.181 e. The van der Waals surface area contributed by atoms with Crippen molar-refractivity contribution in [3.8, 4) is 6.07 Å². The lowest BCUT2D eigenvalue weighted by Crippen LogP contribution is -2.35. The molecule has 0 spiro atoms. The molecule has 4 heteroatoms. The molecule has 1 aromatic rings. The highest BCUT2D eigenvalue weighted by atomic mass is 16.1. The van der Waals surface area contributed by atoms with Crippen molar-refractivity contribution >= 4 is 5.78 Å². The first-order chi connectivity index (χ1) is 9.17. The molecule has 1 aliphatic heterocycles. The van der Waals surface area contributed by atoms with Gasteiger partial charge in [-0.15, -0.1) is 0 Å². The fourth-order valence-corrected chi connectivity index (χ4v) is 2.63. The lowest BCUT2D eigenvalue weighted by Gasteiger charge is -2.17. The van der Waals surface area contributed by atoms with E-state index >= 15 is 0 Å². The van der Waals surface area contributed by atoms with Crippen LogP contribution in [0.4, 0.5) is 0 Å². The molecule has 0 bridgehead atoms. The molecule has 3 atom stereocenters. The van der Waals surface area contributed by atoms with Gasteiger partial charge >= 0.3 is 0 Å². The summed E-state index contributed by atoms with van der Waals surface area (Å²) in [7, 11) is 0. The van der Waals surface area contributed by atoms with Gasteiger partial charge in [-0.3, -0.25) is 4.79 Å². The molecule has 1 fully saturated rings. The second-order valence-electron chi connectivity index (χ2n) is 5.14. The highest BCUT2D eigenvalue weighted by molar-refractivity contribution is 6.01. The Labute approximate surface area is 113 Å². The Kier molecular flexibility index (Phi) is 4.31. The van der Waals surface area contributed by atoms with Crippen molar-refractivity contribution in [2.75, 3.05) is 13.1 Å². The number of carbonyl (C=O) groups excluding carboxylic acids is 1. The van der Waals surface area contributed by atoms with Gasteiger partial charge in [0.2, 0.25) is 0 Å². The minimum atomic E-state index is -0.627. The minimum absolute atomic E-state index is 0.0781. The molecule has 19 heavy (non-hydrogen) atoms. The average molecular weight is 257 g/mol. The smallest absolute Gasteiger partial charge is 0.181 e. The summed E-state index contributed by atoms with van der Waals surface area (Å²) in [6.45, 7) is 3.28. The van der Waals surface area contributed by atoms with Crippen molar-refractivity contribution in [2.24, 2.45) is 17.6 Å². The van der Waals surface area contributed by atoms with Gasteiger partial charge < -0.3 is 11.1 Å². The van der Waals surface area contributed by atoms with Gasteiger partial charge in [-0.05, 0) is 37.9 Å². The van der Waals surface area contributed by atoms with E-state index in [0.717, 1.165) is 18.5 Å². The zero-order valence-corrected chi connectivity index (χ0v) is 11.1. The van der Waals surface area contributed by atoms with Crippen LogP contribution in [0.3, 0.4) is 0 Å². The SMILES string of the molecule is Cc1ccccc1C(=O)C(C#N)C1CC(CN)CN1. The van der Waals surface area contributed by atoms with E-state index in [-0.39, 0.29) is 11.8 Å². The summed E-state index contributed by atoms with van der Waals surface area (Å²) < 4.78 is 0. The van der Waals surface area contributed by atoms with Crippen LogP contribution < -0.4 is 11.1 Å². The first-order valence-electron chi connectivity index (χ1n) is 6.60. The molecule has 0 amide bonds. The Morgan fingerprint density at radius 2 is 2.32 bits per heavy atom. The molecule has 3 N–H and O–H groups in total. The summed E-state index contributed by atoms with van der Waals surface area (Å²) in [4.78, 5) is 12.5. The van der Waals surface area contributed by atoms with Crippen LogP contribution in [0.5, 0.6) is 0 Å². The minimum Gasteiger partial charge on any atom is -0.330 e. The molecule has 2 rings (SSSR count). The number of hydrogen-bond donors (Lipinski definition) is 2. The van der Waals surface area contributed by atoms with Gasteiger partial charge in [0.1, 0.15) is 5.92 Å². The fraction of sp³-hybridized carbons (Fsp3) is 0.467. The summed E-state index contributed by atoms with van der Waals surface area (Å²) in [6.07, 6.45) is 0.798. The number of hydrogen-bond acceptors (Lipinski definition) is 4. The number of benzene rings is 1. The van der Waals surface area contributed by atoms with E-state index in [9.17, 15) is 10.1 Å². The first-order valence-corrected chi connectivity index (χ1v) is 6.60. The van der Waals surface area contributed by atoms with Gasteiger partial charge in [-0.2, -0.15) is 5.26 Å². The molecule has 0 radical (unpaired) electrons. The Bertz CT molecular complexity index is 506. The lowest BCUT2D eigenvalue weighted by molar-refractivity contribution is 0.0929. The van der Waals surface area contributed by atoms with Crippen molar-refractivity contribution in [3.63, 3.8) is 0 Å². The van der Waals surface area contributed by atoms with Crippen LogP contribution in [0, 0.1) is 30.1 Å². The van der Waals surface area contributed by atoms with E-state index in [0.29, 0.717) is 18.0 Å². The number of nitrogens with one attached hydrogen (secondary N) is 1. The van der Waals surface area contributed by atoms with E-state index in [1.54, 1.807) is 6.07 Å². The molecule has 0 saturated carbocycles. The van der Waals surface area contributed by atoms with Crippen molar-refractivity contribution < 1.29 is 4.79 Å². The van der Waals surface area contributed by atoms with Crippen molar-refractivity contribution in [3.05, 3.63) is 35.4 Å². The molecular weight excluding hydrogens is 238 g/mol. The van der Waals surface area contributed by atoms with E-state index in [1.807, 2.05) is 25.1 Å². The third-order valence-electron chi connectivity index (χ3n) is 3.82. The van der Waals surface area contributed by atoms with E-state index in [1.165, 1.54) is 0 Å². The molecular formula is C15H19N3O. The maximum absolute atomic E-state index is 12.5. The summed E-state index contributed by atoms with van der Waals surface area (Å²) in [5, 5.41) is 12.6. The Morgan fingerprint density at radius 1 is 1.58 bits per heavy atom. The number of nitriles is 1. The molecule has 4 nitrogen and oxygen atoms in total. The normalized spacial score (nSPS) is 23.8. The molecule has 1 aromatic carbocycles. The van der Waals surface area contributed by atoms with Crippen LogP contribution in [0.25, 0.3) is 0 Å². The highest BCUT2D eigenvalue weighted by Crippen LogP contribution is 2.23. The monoisotopic (exact) mass is 257 g/mol. The van der Waals surface area contributed by atoms with Crippen LogP contribution in [-0.4, -0.2) is 24.9 Å². The second kappa shape index (κ2) is 5.96. The molecule has 100 valence electrons. The number of Topliss-reactive ketones (excluding diaryl/α,β-unsaturated/α-hetero) is 1. The lowest BCUT2D eigenvalue weighted by atomic mass is 9.88. The first kappa shape index (κ1) is 13.7. The maximum atomic E-state index is 12.5. The molecule has 0 aliphatic carbocycles. The molecule has 1 heterocycles. The standard InChI is InChI=1S/C15H19N3O/c1-10-4-2-3-5-12(10)15(19)13(8-17)14-6-11(7-16)9-18-14/h2-5,11,13-14,18H,6-7,9,16H2,1H3. The van der Waals surface area contributed by atoms with Crippen LogP contribution in [0.2, 0.25) is 0 Å². The summed E-state index contributed by atoms with van der Waals surface area (Å²) in [5.41, 5.74) is 7.20. The van der Waals surface area contributed by atoms with Crippen LogP contribution in [0.1, 0.15) is 22.3 Å². The third kappa shape index (κ3) is 2.83. The summed E-state index contributed by atoms with van der Waals surface area (Å²) in [5.74, 6) is -0.348. The number of nitrogens with zero attached hydrogens (tertiary/aromatic N) is 1. The fourth-order valence-electron chi connectivity index (χ4n) is 2.63. The molecule has 3 unspecified atom stereocenters. The number of nitrogens with two attached hydrogens (primary N) is 1. The predicted molar refractivity (Wildman–Crippen MR) is 73.6 cm³/mol. The van der Waals surface area contributed by atoms with Crippen molar-refractivity contribution in [2.45, 2.75) is 19.4 Å². The number of aryl methyl sites for hydroxylation is 1. The van der Waals surface area contributed by atoms with Crippen LogP contribution in [-0.2, 0) is 0 Å². The molecule has 0 aromatic heterocycles. The molecule has 1 saturated heterocycles. The highest BCUT2D eigenvalue weighted by Gasteiger charge is 2.34. The predicted octanol–water partition coefficient (Wildman–Crippen LogP) is 1.25. The van der Waals surface area contributed by atoms with Gasteiger partial charge in [-0.25, -0.2) is 0 Å². The van der Waals surface area contributed by atoms with Gasteiger partial charge in [0.05, 0.1) is 6.07 Å². The van der Waals surface area contributed by atoms with E-state index < -0.39 is 5.92 Å². The van der Waals surface area contributed by atoms with Crippen LogP contribution >= 0.6 is 0 Å². The zero-order chi connectivity index (χ0) is 13.8. The van der Waals surface area contributed by atoms with Crippen molar-refractivity contribution in [1.82, 2.24) is 5.32 Å². The number of carbonyl (C=O) groups is 1. The van der Waals surface area contributed by atoms with Gasteiger partial charge in [0.25, 0.3) is 0 Å². The van der Waals surface area contributed by atoms with Crippen LogP contribution in [0.15, 0.2) is 24.3 Å². The summed E-state index contributed by atoms with van der Waals surface area (Å²) >= 11 is 0. The van der Waals surface area contributed by atoms with Gasteiger partial charge in [0, 0.05) is 11.6 Å².